The fourth-order valence-electron chi connectivity index (χ4n) is 4.17. The first kappa shape index (κ1) is 17.9. The number of pyridine rings is 1. The van der Waals surface area contributed by atoms with Crippen LogP contribution in [0.2, 0.25) is 5.02 Å². The number of para-hydroxylation sites is 1. The Labute approximate surface area is 172 Å². The Morgan fingerprint density at radius 3 is 2.72 bits per heavy atom. The van der Waals surface area contributed by atoms with Gasteiger partial charge in [0.1, 0.15) is 17.6 Å². The van der Waals surface area contributed by atoms with Crippen molar-refractivity contribution in [2.24, 2.45) is 0 Å². The molecule has 2 aromatic heterocycles. The maximum absolute atomic E-state index is 15.0. The number of aromatic nitrogens is 2. The van der Waals surface area contributed by atoms with Crippen LogP contribution in [0, 0.1) is 5.82 Å². The molecule has 0 aliphatic carbocycles. The van der Waals surface area contributed by atoms with Crippen LogP contribution in [0.4, 0.5) is 4.39 Å². The second-order valence-electron chi connectivity index (χ2n) is 7.06. The number of nitrogens with one attached hydrogen (secondary N) is 1. The molecule has 0 bridgehead atoms. The summed E-state index contributed by atoms with van der Waals surface area (Å²) >= 11 is 6.44. The standard InChI is InChI=1S/C23H17ClFN3O/c24-16-7-5-8-17(25)20(16)22-21-15(14-6-1-2-9-18(14)27-21)11-13-28(22)23(29)19-10-3-4-12-26-19/h1-10,12,22,27H,11,13H2/t22-/m1/s1. The maximum Gasteiger partial charge on any atom is 0.273 e. The molecule has 3 heterocycles. The Balaban J connectivity index is 1.73. The zero-order chi connectivity index (χ0) is 20.0. The fourth-order valence-corrected chi connectivity index (χ4v) is 4.43. The van der Waals surface area contributed by atoms with Crippen LogP contribution in [0.25, 0.3) is 10.9 Å². The van der Waals surface area contributed by atoms with Crippen molar-refractivity contribution in [1.29, 1.82) is 0 Å². The Hall–Kier alpha value is -3.18. The van der Waals surface area contributed by atoms with E-state index in [0.717, 1.165) is 22.2 Å². The van der Waals surface area contributed by atoms with Crippen molar-refractivity contribution in [3.63, 3.8) is 0 Å². The van der Waals surface area contributed by atoms with Crippen LogP contribution >= 0.6 is 11.6 Å². The van der Waals surface area contributed by atoms with Crippen LogP contribution in [0.5, 0.6) is 0 Å². The van der Waals surface area contributed by atoms with Gasteiger partial charge in [-0.15, -0.1) is 0 Å². The Kier molecular flexibility index (Phi) is 4.32. The van der Waals surface area contributed by atoms with Crippen molar-refractivity contribution in [2.45, 2.75) is 12.5 Å². The summed E-state index contributed by atoms with van der Waals surface area (Å²) in [5, 5.41) is 1.38. The quantitative estimate of drug-likeness (QED) is 0.501. The third kappa shape index (κ3) is 2.89. The van der Waals surface area contributed by atoms with E-state index in [-0.39, 0.29) is 5.91 Å². The third-order valence-electron chi connectivity index (χ3n) is 5.45. The van der Waals surface area contributed by atoms with E-state index in [2.05, 4.69) is 9.97 Å². The van der Waals surface area contributed by atoms with Crippen LogP contribution in [-0.4, -0.2) is 27.3 Å². The van der Waals surface area contributed by atoms with E-state index < -0.39 is 11.9 Å². The third-order valence-corrected chi connectivity index (χ3v) is 5.78. The number of amides is 1. The van der Waals surface area contributed by atoms with Gasteiger partial charge in [-0.2, -0.15) is 0 Å². The molecule has 0 spiro atoms. The monoisotopic (exact) mass is 405 g/mol. The normalized spacial score (nSPS) is 16.1. The van der Waals surface area contributed by atoms with E-state index in [1.807, 2.05) is 24.3 Å². The highest BCUT2D eigenvalue weighted by Gasteiger charge is 2.37. The summed E-state index contributed by atoms with van der Waals surface area (Å²) in [6.45, 7) is 0.444. The fraction of sp³-hybridized carbons (Fsp3) is 0.130. The van der Waals surface area contributed by atoms with Crippen molar-refractivity contribution in [3.8, 4) is 0 Å². The average Bonchev–Trinajstić information content (AvgIpc) is 3.13. The number of aromatic amines is 1. The van der Waals surface area contributed by atoms with Gasteiger partial charge in [-0.1, -0.05) is 41.9 Å². The minimum absolute atomic E-state index is 0.251. The van der Waals surface area contributed by atoms with Gasteiger partial charge in [-0.3, -0.25) is 9.78 Å². The van der Waals surface area contributed by atoms with E-state index in [4.69, 9.17) is 11.6 Å². The molecule has 0 radical (unpaired) electrons. The first-order chi connectivity index (χ1) is 14.1. The summed E-state index contributed by atoms with van der Waals surface area (Å²) in [4.78, 5) is 22.6. The number of benzene rings is 2. The molecular formula is C23H17ClFN3O. The van der Waals surface area contributed by atoms with Crippen LogP contribution in [0.3, 0.4) is 0 Å². The van der Waals surface area contributed by atoms with Gasteiger partial charge in [-0.25, -0.2) is 4.39 Å². The molecule has 6 heteroatoms. The molecule has 1 aliphatic heterocycles. The lowest BCUT2D eigenvalue weighted by atomic mass is 9.91. The molecular weight excluding hydrogens is 389 g/mol. The van der Waals surface area contributed by atoms with E-state index in [9.17, 15) is 9.18 Å². The van der Waals surface area contributed by atoms with Crippen molar-refractivity contribution >= 4 is 28.4 Å². The Bertz CT molecular complexity index is 1200. The smallest absolute Gasteiger partial charge is 0.273 e. The van der Waals surface area contributed by atoms with Gasteiger partial charge in [0, 0.05) is 39.9 Å². The Morgan fingerprint density at radius 2 is 1.93 bits per heavy atom. The van der Waals surface area contributed by atoms with Gasteiger partial charge in [0.15, 0.2) is 0 Å². The summed E-state index contributed by atoms with van der Waals surface area (Å²) in [5.74, 6) is -0.688. The molecule has 144 valence electrons. The molecule has 1 N–H and O–H groups in total. The van der Waals surface area contributed by atoms with Crippen molar-refractivity contribution in [3.05, 3.63) is 100 Å². The van der Waals surface area contributed by atoms with Crippen molar-refractivity contribution in [1.82, 2.24) is 14.9 Å². The van der Waals surface area contributed by atoms with Gasteiger partial charge in [-0.05, 0) is 42.3 Å². The summed E-state index contributed by atoms with van der Waals surface area (Å²) in [6.07, 6.45) is 2.25. The summed E-state index contributed by atoms with van der Waals surface area (Å²) in [5.41, 5.74) is 3.47. The minimum atomic E-state index is -0.658. The highest BCUT2D eigenvalue weighted by atomic mass is 35.5. The molecule has 0 saturated heterocycles. The number of hydrogen-bond donors (Lipinski definition) is 1. The Morgan fingerprint density at radius 1 is 1.10 bits per heavy atom. The number of halogens is 2. The number of nitrogens with zero attached hydrogens (tertiary/aromatic N) is 2. The number of hydrogen-bond acceptors (Lipinski definition) is 2. The molecule has 1 atom stereocenters. The maximum atomic E-state index is 15.0. The van der Waals surface area contributed by atoms with Gasteiger partial charge in [0.25, 0.3) is 5.91 Å². The second kappa shape index (κ2) is 7.01. The highest BCUT2D eigenvalue weighted by molar-refractivity contribution is 6.31. The molecule has 1 aliphatic rings. The number of rotatable bonds is 2. The lowest BCUT2D eigenvalue weighted by Crippen LogP contribution is -2.41. The van der Waals surface area contributed by atoms with E-state index in [0.29, 0.717) is 29.2 Å². The summed E-state index contributed by atoms with van der Waals surface area (Å²) in [7, 11) is 0. The first-order valence-electron chi connectivity index (χ1n) is 9.40. The van der Waals surface area contributed by atoms with Crippen LogP contribution in [0.15, 0.2) is 66.9 Å². The zero-order valence-electron chi connectivity index (χ0n) is 15.4. The highest BCUT2D eigenvalue weighted by Crippen LogP contribution is 2.42. The lowest BCUT2D eigenvalue weighted by Gasteiger charge is -2.36. The van der Waals surface area contributed by atoms with Crippen LogP contribution < -0.4 is 0 Å². The summed E-state index contributed by atoms with van der Waals surface area (Å²) in [6, 6.07) is 17.1. The van der Waals surface area contributed by atoms with Crippen molar-refractivity contribution < 1.29 is 9.18 Å². The molecule has 2 aromatic carbocycles. The van der Waals surface area contributed by atoms with Crippen LogP contribution in [0.1, 0.15) is 33.4 Å². The first-order valence-corrected chi connectivity index (χ1v) is 9.78. The van der Waals surface area contributed by atoms with Gasteiger partial charge in [0.05, 0.1) is 0 Å². The SMILES string of the molecule is O=C(c1ccccn1)N1CCc2c([nH]c3ccccc23)[C@H]1c1c(F)cccc1Cl. The van der Waals surface area contributed by atoms with E-state index in [1.165, 1.54) is 6.07 Å². The molecule has 0 saturated carbocycles. The lowest BCUT2D eigenvalue weighted by molar-refractivity contribution is 0.0683. The zero-order valence-corrected chi connectivity index (χ0v) is 16.2. The van der Waals surface area contributed by atoms with E-state index in [1.54, 1.807) is 41.4 Å². The predicted octanol–water partition coefficient (Wildman–Crippen LogP) is 5.14. The molecule has 5 rings (SSSR count). The molecule has 4 aromatic rings. The largest absolute Gasteiger partial charge is 0.356 e. The molecule has 0 unspecified atom stereocenters. The average molecular weight is 406 g/mol. The molecule has 29 heavy (non-hydrogen) atoms. The van der Waals surface area contributed by atoms with E-state index >= 15 is 0 Å². The number of fused-ring (bicyclic) bond motifs is 3. The number of carbonyl (C=O) groups is 1. The van der Waals surface area contributed by atoms with Gasteiger partial charge in [0.2, 0.25) is 0 Å². The number of H-pyrrole nitrogens is 1. The second-order valence-corrected chi connectivity index (χ2v) is 7.47. The topological polar surface area (TPSA) is 49.0 Å². The molecule has 0 fully saturated rings. The van der Waals surface area contributed by atoms with Gasteiger partial charge < -0.3 is 9.88 Å². The molecule has 4 nitrogen and oxygen atoms in total. The number of carbonyl (C=O) groups excluding carboxylic acids is 1. The summed E-state index contributed by atoms with van der Waals surface area (Å²) < 4.78 is 15.0. The predicted molar refractivity (Wildman–Crippen MR) is 111 cm³/mol. The minimum Gasteiger partial charge on any atom is -0.356 e. The van der Waals surface area contributed by atoms with Gasteiger partial charge >= 0.3 is 0 Å². The molecule has 1 amide bonds. The van der Waals surface area contributed by atoms with Crippen LogP contribution in [-0.2, 0) is 6.42 Å². The van der Waals surface area contributed by atoms with Crippen molar-refractivity contribution in [2.75, 3.05) is 6.54 Å².